The summed E-state index contributed by atoms with van der Waals surface area (Å²) in [6, 6.07) is 6.90. The summed E-state index contributed by atoms with van der Waals surface area (Å²) in [5, 5.41) is 3.73. The molecule has 0 saturated carbocycles. The van der Waals surface area contributed by atoms with Crippen LogP contribution < -0.4 is 11.1 Å². The molecule has 4 heteroatoms. The first-order valence-corrected chi connectivity index (χ1v) is 6.41. The molecule has 2 atom stereocenters. The first kappa shape index (κ1) is 14.8. The average Bonchev–Trinajstić information content (AvgIpc) is 2.25. The number of nitrogens with two attached hydrogens (primary N) is 1. The lowest BCUT2D eigenvalue weighted by Crippen LogP contribution is -2.45. The maximum atomic E-state index is 11.6. The zero-order valence-corrected chi connectivity index (χ0v) is 12.1. The molecule has 1 rings (SSSR count). The SMILES string of the molecule is CC(C(Nc1ccccc1Cl)C(N)=O)C(C)(C)C. The van der Waals surface area contributed by atoms with Crippen molar-refractivity contribution in [2.45, 2.75) is 33.7 Å². The van der Waals surface area contributed by atoms with Crippen LogP contribution in [0.4, 0.5) is 5.69 Å². The second-order valence-electron chi connectivity index (χ2n) is 5.66. The van der Waals surface area contributed by atoms with E-state index >= 15 is 0 Å². The fourth-order valence-corrected chi connectivity index (χ4v) is 1.88. The number of carbonyl (C=O) groups is 1. The monoisotopic (exact) mass is 268 g/mol. The highest BCUT2D eigenvalue weighted by atomic mass is 35.5. The second-order valence-corrected chi connectivity index (χ2v) is 6.07. The highest BCUT2D eigenvalue weighted by Crippen LogP contribution is 2.31. The molecule has 18 heavy (non-hydrogen) atoms. The average molecular weight is 269 g/mol. The fourth-order valence-electron chi connectivity index (χ4n) is 1.69. The molecule has 0 radical (unpaired) electrons. The zero-order chi connectivity index (χ0) is 13.9. The first-order valence-electron chi connectivity index (χ1n) is 6.04. The molecule has 0 bridgehead atoms. The number of primary amides is 1. The molecule has 100 valence electrons. The van der Waals surface area contributed by atoms with E-state index in [1.54, 1.807) is 6.07 Å². The Balaban J connectivity index is 2.95. The smallest absolute Gasteiger partial charge is 0.240 e. The van der Waals surface area contributed by atoms with Crippen molar-refractivity contribution in [2.24, 2.45) is 17.1 Å². The van der Waals surface area contributed by atoms with Gasteiger partial charge in [0, 0.05) is 0 Å². The lowest BCUT2D eigenvalue weighted by molar-refractivity contribution is -0.120. The molecule has 0 fully saturated rings. The summed E-state index contributed by atoms with van der Waals surface area (Å²) in [5.41, 5.74) is 6.20. The quantitative estimate of drug-likeness (QED) is 0.880. The van der Waals surface area contributed by atoms with E-state index < -0.39 is 6.04 Å². The summed E-state index contributed by atoms with van der Waals surface area (Å²) in [4.78, 5) is 11.6. The van der Waals surface area contributed by atoms with Crippen molar-refractivity contribution >= 4 is 23.2 Å². The Hall–Kier alpha value is -1.22. The van der Waals surface area contributed by atoms with Crippen LogP contribution in [0, 0.1) is 11.3 Å². The van der Waals surface area contributed by atoms with Gasteiger partial charge in [-0.25, -0.2) is 0 Å². The molecular weight excluding hydrogens is 248 g/mol. The van der Waals surface area contributed by atoms with Gasteiger partial charge in [0.2, 0.25) is 5.91 Å². The molecular formula is C14H21ClN2O. The molecule has 0 spiro atoms. The number of carbonyl (C=O) groups excluding carboxylic acids is 1. The van der Waals surface area contributed by atoms with Gasteiger partial charge in [-0.2, -0.15) is 0 Å². The molecule has 3 nitrogen and oxygen atoms in total. The van der Waals surface area contributed by atoms with Gasteiger partial charge in [0.1, 0.15) is 6.04 Å². The van der Waals surface area contributed by atoms with Gasteiger partial charge in [-0.15, -0.1) is 0 Å². The Morgan fingerprint density at radius 3 is 2.33 bits per heavy atom. The minimum absolute atomic E-state index is 0.0199. The van der Waals surface area contributed by atoms with Gasteiger partial charge in [0.25, 0.3) is 0 Å². The van der Waals surface area contributed by atoms with Crippen LogP contribution in [0.25, 0.3) is 0 Å². The van der Waals surface area contributed by atoms with Crippen molar-refractivity contribution < 1.29 is 4.79 Å². The highest BCUT2D eigenvalue weighted by molar-refractivity contribution is 6.33. The summed E-state index contributed by atoms with van der Waals surface area (Å²) >= 11 is 6.08. The third kappa shape index (κ3) is 3.64. The van der Waals surface area contributed by atoms with Gasteiger partial charge in [0.05, 0.1) is 10.7 Å². The topological polar surface area (TPSA) is 55.1 Å². The Labute approximate surface area is 114 Å². The van der Waals surface area contributed by atoms with Crippen LogP contribution in [-0.4, -0.2) is 11.9 Å². The number of halogens is 1. The van der Waals surface area contributed by atoms with Gasteiger partial charge in [-0.3, -0.25) is 4.79 Å². The maximum absolute atomic E-state index is 11.6. The Bertz CT molecular complexity index is 426. The van der Waals surface area contributed by atoms with Crippen LogP contribution in [0.1, 0.15) is 27.7 Å². The normalized spacial score (nSPS) is 14.9. The lowest BCUT2D eigenvalue weighted by atomic mass is 9.77. The summed E-state index contributed by atoms with van der Waals surface area (Å²) in [6.07, 6.45) is 0. The number of benzene rings is 1. The third-order valence-corrected chi connectivity index (χ3v) is 3.69. The van der Waals surface area contributed by atoms with E-state index in [2.05, 4.69) is 26.1 Å². The van der Waals surface area contributed by atoms with Crippen molar-refractivity contribution in [1.29, 1.82) is 0 Å². The van der Waals surface area contributed by atoms with E-state index in [4.69, 9.17) is 17.3 Å². The first-order chi connectivity index (χ1) is 8.23. The maximum Gasteiger partial charge on any atom is 0.240 e. The standard InChI is InChI=1S/C14H21ClN2O/c1-9(14(2,3)4)12(13(16)18)17-11-8-6-5-7-10(11)15/h5-9,12,17H,1-4H3,(H2,16,18). The number of hydrogen-bond acceptors (Lipinski definition) is 2. The van der Waals surface area contributed by atoms with Crippen molar-refractivity contribution in [3.8, 4) is 0 Å². The Kier molecular flexibility index (Phi) is 4.63. The van der Waals surface area contributed by atoms with Crippen LogP contribution in [-0.2, 0) is 4.79 Å². The van der Waals surface area contributed by atoms with E-state index in [-0.39, 0.29) is 17.2 Å². The van der Waals surface area contributed by atoms with E-state index in [1.807, 2.05) is 25.1 Å². The van der Waals surface area contributed by atoms with Crippen molar-refractivity contribution in [3.05, 3.63) is 29.3 Å². The van der Waals surface area contributed by atoms with E-state index in [1.165, 1.54) is 0 Å². The van der Waals surface area contributed by atoms with Crippen molar-refractivity contribution in [3.63, 3.8) is 0 Å². The van der Waals surface area contributed by atoms with E-state index in [9.17, 15) is 4.79 Å². The molecule has 3 N–H and O–H groups in total. The van der Waals surface area contributed by atoms with Gasteiger partial charge < -0.3 is 11.1 Å². The number of nitrogens with one attached hydrogen (secondary N) is 1. The number of amides is 1. The van der Waals surface area contributed by atoms with Crippen LogP contribution in [0.3, 0.4) is 0 Å². The van der Waals surface area contributed by atoms with Gasteiger partial charge in [0.15, 0.2) is 0 Å². The summed E-state index contributed by atoms with van der Waals surface area (Å²) in [5.74, 6) is -0.274. The molecule has 0 aliphatic rings. The molecule has 0 aromatic heterocycles. The second kappa shape index (κ2) is 5.61. The number of hydrogen-bond donors (Lipinski definition) is 2. The molecule has 0 aliphatic heterocycles. The predicted octanol–water partition coefficient (Wildman–Crippen LogP) is 3.29. The fraction of sp³-hybridized carbons (Fsp3) is 0.500. The van der Waals surface area contributed by atoms with Gasteiger partial charge >= 0.3 is 0 Å². The Morgan fingerprint density at radius 1 is 1.33 bits per heavy atom. The number of para-hydroxylation sites is 1. The molecule has 1 aromatic carbocycles. The summed E-state index contributed by atoms with van der Waals surface area (Å²) < 4.78 is 0. The minimum Gasteiger partial charge on any atom is -0.372 e. The third-order valence-electron chi connectivity index (χ3n) is 3.36. The molecule has 2 unspecified atom stereocenters. The lowest BCUT2D eigenvalue weighted by Gasteiger charge is -2.33. The molecule has 0 aliphatic carbocycles. The summed E-state index contributed by atoms with van der Waals surface area (Å²) in [7, 11) is 0. The van der Waals surface area contributed by atoms with Crippen LogP contribution in [0.5, 0.6) is 0 Å². The van der Waals surface area contributed by atoms with Gasteiger partial charge in [-0.05, 0) is 23.5 Å². The zero-order valence-electron chi connectivity index (χ0n) is 11.3. The number of rotatable bonds is 4. The molecule has 1 aromatic rings. The van der Waals surface area contributed by atoms with Crippen molar-refractivity contribution in [2.75, 3.05) is 5.32 Å². The minimum atomic E-state index is -0.440. The largest absolute Gasteiger partial charge is 0.372 e. The predicted molar refractivity (Wildman–Crippen MR) is 76.7 cm³/mol. The molecule has 1 amide bonds. The van der Waals surface area contributed by atoms with Gasteiger partial charge in [-0.1, -0.05) is 51.4 Å². The summed E-state index contributed by atoms with van der Waals surface area (Å²) in [6.45, 7) is 8.27. The van der Waals surface area contributed by atoms with Crippen LogP contribution in [0.15, 0.2) is 24.3 Å². The van der Waals surface area contributed by atoms with E-state index in [0.717, 1.165) is 5.69 Å². The highest BCUT2D eigenvalue weighted by Gasteiger charge is 2.32. The van der Waals surface area contributed by atoms with Crippen LogP contribution in [0.2, 0.25) is 5.02 Å². The van der Waals surface area contributed by atoms with Crippen LogP contribution >= 0.6 is 11.6 Å². The van der Waals surface area contributed by atoms with Crippen molar-refractivity contribution in [1.82, 2.24) is 0 Å². The molecule has 0 heterocycles. The number of anilines is 1. The molecule has 0 saturated heterocycles. The van der Waals surface area contributed by atoms with E-state index in [0.29, 0.717) is 5.02 Å². The Morgan fingerprint density at radius 2 is 1.89 bits per heavy atom.